The highest BCUT2D eigenvalue weighted by Crippen LogP contribution is 2.28. The van der Waals surface area contributed by atoms with Gasteiger partial charge in [-0.2, -0.15) is 0 Å². The van der Waals surface area contributed by atoms with Gasteiger partial charge in [0.1, 0.15) is 5.69 Å². The topological polar surface area (TPSA) is 41.3 Å². The molecule has 1 rings (SSSR count). The van der Waals surface area contributed by atoms with Crippen LogP contribution in [0.3, 0.4) is 0 Å². The number of benzene rings is 1. The van der Waals surface area contributed by atoms with Gasteiger partial charge in [-0.15, -0.1) is 0 Å². The minimum absolute atomic E-state index is 0.113. The normalized spacial score (nSPS) is 9.92. The second-order valence-corrected chi connectivity index (χ2v) is 2.80. The van der Waals surface area contributed by atoms with Gasteiger partial charge in [-0.25, -0.2) is 8.78 Å². The molecular formula is C8H11F2N3. The van der Waals surface area contributed by atoms with Crippen molar-refractivity contribution in [3.63, 3.8) is 0 Å². The maximum absolute atomic E-state index is 13.2. The second kappa shape index (κ2) is 3.57. The largest absolute Gasteiger partial charge is 0.373 e. The minimum atomic E-state index is -0.902. The van der Waals surface area contributed by atoms with E-state index < -0.39 is 11.6 Å². The van der Waals surface area contributed by atoms with Gasteiger partial charge in [0.15, 0.2) is 11.6 Å². The Kier molecular flexibility index (Phi) is 2.67. The summed E-state index contributed by atoms with van der Waals surface area (Å²) in [6.07, 6.45) is 0. The van der Waals surface area contributed by atoms with Crippen LogP contribution in [-0.4, -0.2) is 14.1 Å². The molecule has 3 N–H and O–H groups in total. The van der Waals surface area contributed by atoms with Crippen molar-refractivity contribution in [1.82, 2.24) is 0 Å². The Bertz CT molecular complexity index is 313. The molecule has 72 valence electrons. The molecule has 0 aromatic heterocycles. The van der Waals surface area contributed by atoms with Crippen LogP contribution in [0.4, 0.5) is 20.2 Å². The van der Waals surface area contributed by atoms with Gasteiger partial charge in [0.25, 0.3) is 0 Å². The molecule has 13 heavy (non-hydrogen) atoms. The van der Waals surface area contributed by atoms with Crippen molar-refractivity contribution in [2.45, 2.75) is 0 Å². The summed E-state index contributed by atoms with van der Waals surface area (Å²) < 4.78 is 26.0. The fourth-order valence-corrected chi connectivity index (χ4v) is 1.09. The first kappa shape index (κ1) is 9.73. The molecule has 0 radical (unpaired) electrons. The first-order chi connectivity index (χ1) is 6.07. The standard InChI is InChI=1S/C8H11F2N3/c1-13(2)8-6(12-11)4-3-5(9)7(8)10/h3-4,12H,11H2,1-2H3. The van der Waals surface area contributed by atoms with E-state index in [2.05, 4.69) is 5.43 Å². The molecule has 3 nitrogen and oxygen atoms in total. The fraction of sp³-hybridized carbons (Fsp3) is 0.250. The van der Waals surface area contributed by atoms with Crippen LogP contribution in [0.5, 0.6) is 0 Å². The van der Waals surface area contributed by atoms with Crippen molar-refractivity contribution < 1.29 is 8.78 Å². The number of hydrogen-bond acceptors (Lipinski definition) is 3. The number of hydrazine groups is 1. The van der Waals surface area contributed by atoms with Gasteiger partial charge in [-0.05, 0) is 12.1 Å². The highest BCUT2D eigenvalue weighted by atomic mass is 19.2. The third-order valence-corrected chi connectivity index (χ3v) is 1.67. The number of nitrogens with zero attached hydrogens (tertiary/aromatic N) is 1. The van der Waals surface area contributed by atoms with Crippen molar-refractivity contribution in [3.05, 3.63) is 23.8 Å². The van der Waals surface area contributed by atoms with Crippen LogP contribution < -0.4 is 16.2 Å². The van der Waals surface area contributed by atoms with E-state index in [-0.39, 0.29) is 5.69 Å². The summed E-state index contributed by atoms with van der Waals surface area (Å²) in [6.45, 7) is 0. The maximum atomic E-state index is 13.2. The summed E-state index contributed by atoms with van der Waals surface area (Å²) in [5, 5.41) is 0. The lowest BCUT2D eigenvalue weighted by molar-refractivity contribution is 0.509. The van der Waals surface area contributed by atoms with Crippen molar-refractivity contribution in [2.75, 3.05) is 24.4 Å². The van der Waals surface area contributed by atoms with Crippen LogP contribution in [0.15, 0.2) is 12.1 Å². The molecule has 1 aromatic carbocycles. The molecule has 0 aliphatic heterocycles. The van der Waals surface area contributed by atoms with Crippen LogP contribution in [0.25, 0.3) is 0 Å². The van der Waals surface area contributed by atoms with Crippen molar-refractivity contribution >= 4 is 11.4 Å². The van der Waals surface area contributed by atoms with Crippen LogP contribution >= 0.6 is 0 Å². The van der Waals surface area contributed by atoms with Crippen LogP contribution in [0.2, 0.25) is 0 Å². The lowest BCUT2D eigenvalue weighted by Crippen LogP contribution is -2.17. The maximum Gasteiger partial charge on any atom is 0.184 e. The third-order valence-electron chi connectivity index (χ3n) is 1.67. The smallest absolute Gasteiger partial charge is 0.184 e. The first-order valence-corrected chi connectivity index (χ1v) is 3.70. The van der Waals surface area contributed by atoms with Gasteiger partial charge < -0.3 is 10.3 Å². The van der Waals surface area contributed by atoms with Gasteiger partial charge in [0.05, 0.1) is 5.69 Å². The zero-order valence-corrected chi connectivity index (χ0v) is 7.44. The van der Waals surface area contributed by atoms with E-state index >= 15 is 0 Å². The average Bonchev–Trinajstić information content (AvgIpc) is 2.08. The second-order valence-electron chi connectivity index (χ2n) is 2.80. The Balaban J connectivity index is 3.32. The fourth-order valence-electron chi connectivity index (χ4n) is 1.09. The van der Waals surface area contributed by atoms with Crippen molar-refractivity contribution in [1.29, 1.82) is 0 Å². The highest BCUT2D eigenvalue weighted by molar-refractivity contribution is 5.69. The van der Waals surface area contributed by atoms with Gasteiger partial charge >= 0.3 is 0 Å². The van der Waals surface area contributed by atoms with Crippen molar-refractivity contribution in [2.24, 2.45) is 5.84 Å². The number of nitrogens with two attached hydrogens (primary N) is 1. The summed E-state index contributed by atoms with van der Waals surface area (Å²) in [7, 11) is 3.22. The molecular weight excluding hydrogens is 176 g/mol. The zero-order valence-electron chi connectivity index (χ0n) is 7.44. The van der Waals surface area contributed by atoms with E-state index in [1.165, 1.54) is 11.0 Å². The molecule has 0 amide bonds. The van der Waals surface area contributed by atoms with E-state index in [0.717, 1.165) is 6.07 Å². The summed E-state index contributed by atoms with van der Waals surface area (Å²) >= 11 is 0. The lowest BCUT2D eigenvalue weighted by atomic mass is 10.2. The van der Waals surface area contributed by atoms with Crippen LogP contribution in [0.1, 0.15) is 0 Å². The lowest BCUT2D eigenvalue weighted by Gasteiger charge is -2.17. The Morgan fingerprint density at radius 1 is 1.31 bits per heavy atom. The van der Waals surface area contributed by atoms with Gasteiger partial charge in [-0.1, -0.05) is 0 Å². The molecule has 0 spiro atoms. The molecule has 0 saturated heterocycles. The summed E-state index contributed by atoms with van der Waals surface area (Å²) in [5.74, 6) is 3.35. The van der Waals surface area contributed by atoms with E-state index in [9.17, 15) is 8.78 Å². The van der Waals surface area contributed by atoms with Crippen LogP contribution in [-0.2, 0) is 0 Å². The molecule has 0 aliphatic rings. The molecule has 0 unspecified atom stereocenters. The van der Waals surface area contributed by atoms with Gasteiger partial charge in [0.2, 0.25) is 0 Å². The van der Waals surface area contributed by atoms with E-state index in [1.54, 1.807) is 14.1 Å². The van der Waals surface area contributed by atoms with E-state index in [0.29, 0.717) is 5.69 Å². The number of halogens is 2. The number of hydrogen-bond donors (Lipinski definition) is 2. The predicted molar refractivity (Wildman–Crippen MR) is 48.5 cm³/mol. The summed E-state index contributed by atoms with van der Waals surface area (Å²) in [5.41, 5.74) is 2.76. The minimum Gasteiger partial charge on any atom is -0.373 e. The number of nitrogens with one attached hydrogen (secondary N) is 1. The molecule has 0 fully saturated rings. The van der Waals surface area contributed by atoms with Gasteiger partial charge in [-0.3, -0.25) is 5.84 Å². The average molecular weight is 187 g/mol. The van der Waals surface area contributed by atoms with Gasteiger partial charge in [0, 0.05) is 14.1 Å². The third kappa shape index (κ3) is 1.70. The van der Waals surface area contributed by atoms with Crippen molar-refractivity contribution in [3.8, 4) is 0 Å². The van der Waals surface area contributed by atoms with E-state index in [4.69, 9.17) is 5.84 Å². The quantitative estimate of drug-likeness (QED) is 0.542. The Morgan fingerprint density at radius 3 is 2.38 bits per heavy atom. The zero-order chi connectivity index (χ0) is 10.0. The van der Waals surface area contributed by atoms with Crippen LogP contribution in [0, 0.1) is 11.6 Å². The molecule has 1 aromatic rings. The highest BCUT2D eigenvalue weighted by Gasteiger charge is 2.14. The summed E-state index contributed by atoms with van der Waals surface area (Å²) in [4.78, 5) is 1.45. The predicted octanol–water partition coefficient (Wildman–Crippen LogP) is 1.32. The molecule has 0 aliphatic carbocycles. The Labute approximate surface area is 75.1 Å². The Hall–Kier alpha value is -1.36. The summed E-state index contributed by atoms with van der Waals surface area (Å²) in [6, 6.07) is 2.41. The molecule has 5 heteroatoms. The number of rotatable bonds is 2. The monoisotopic (exact) mass is 187 g/mol. The molecule has 0 saturated carbocycles. The SMILES string of the molecule is CN(C)c1c(NN)ccc(F)c1F. The molecule has 0 atom stereocenters. The number of nitrogen functional groups attached to an aromatic ring is 1. The number of anilines is 2. The first-order valence-electron chi connectivity index (χ1n) is 3.70. The Morgan fingerprint density at radius 2 is 1.92 bits per heavy atom. The molecule has 0 heterocycles. The molecule has 0 bridgehead atoms. The van der Waals surface area contributed by atoms with E-state index in [1.807, 2.05) is 0 Å².